The van der Waals surface area contributed by atoms with E-state index in [0.29, 0.717) is 5.16 Å². The summed E-state index contributed by atoms with van der Waals surface area (Å²) in [6.07, 6.45) is 18.5. The van der Waals surface area contributed by atoms with Gasteiger partial charge in [0.1, 0.15) is 0 Å². The van der Waals surface area contributed by atoms with Gasteiger partial charge in [0.05, 0.1) is 0 Å². The second-order valence-electron chi connectivity index (χ2n) is 9.13. The molecule has 0 spiro atoms. The minimum absolute atomic E-state index is 0.634. The summed E-state index contributed by atoms with van der Waals surface area (Å²) in [5, 5.41) is 0.634. The highest BCUT2D eigenvalue weighted by Crippen LogP contribution is 2.63. The monoisotopic (exact) mass is 306 g/mol. The van der Waals surface area contributed by atoms with E-state index in [0.717, 1.165) is 35.5 Å². The lowest BCUT2D eigenvalue weighted by Gasteiger charge is -2.48. The van der Waals surface area contributed by atoms with Crippen LogP contribution in [0.3, 0.4) is 0 Å². The molecule has 7 unspecified atom stereocenters. The van der Waals surface area contributed by atoms with Crippen LogP contribution in [0.5, 0.6) is 0 Å². The molecule has 4 aliphatic carbocycles. The van der Waals surface area contributed by atoms with Gasteiger partial charge >= 0.3 is 0 Å². The minimum atomic E-state index is 0.634. The number of unbranched alkanes of at least 4 members (excludes halogenated alkanes) is 2. The third kappa shape index (κ3) is 2.52. The van der Waals surface area contributed by atoms with Crippen molar-refractivity contribution in [1.29, 1.82) is 0 Å². The van der Waals surface area contributed by atoms with Gasteiger partial charge in [-0.1, -0.05) is 39.0 Å². The molecule has 4 bridgehead atoms. The zero-order valence-electron chi connectivity index (χ0n) is 14.0. The molecule has 0 aromatic rings. The van der Waals surface area contributed by atoms with E-state index in [1.54, 1.807) is 51.4 Å². The summed E-state index contributed by atoms with van der Waals surface area (Å²) in [5.74, 6) is 6.58. The van der Waals surface area contributed by atoms with Gasteiger partial charge in [0.15, 0.2) is 0 Å². The Kier molecular flexibility index (Phi) is 4.15. The molecule has 4 rings (SSSR count). The van der Waals surface area contributed by atoms with E-state index in [9.17, 15) is 0 Å². The quantitative estimate of drug-likeness (QED) is 0.414. The van der Waals surface area contributed by atoms with Crippen molar-refractivity contribution in [2.45, 2.75) is 89.1 Å². The molecule has 0 radical (unpaired) electrons. The van der Waals surface area contributed by atoms with Crippen molar-refractivity contribution in [2.24, 2.45) is 35.5 Å². The summed E-state index contributed by atoms with van der Waals surface area (Å²) < 4.78 is 0. The molecule has 0 N–H and O–H groups in total. The standard InChI is InChI=1S/C20H35P/c1-2-3-4-9-20(21,18-12-14-5-7-16(18)10-14)19-13-15-6-8-17(19)11-15/h14-19H,2-13,21H2,1H3. The Labute approximate surface area is 134 Å². The summed E-state index contributed by atoms with van der Waals surface area (Å²) in [5.41, 5.74) is 0. The maximum absolute atomic E-state index is 3.52. The van der Waals surface area contributed by atoms with Gasteiger partial charge in [-0.15, -0.1) is 9.24 Å². The van der Waals surface area contributed by atoms with Crippen LogP contribution in [0.2, 0.25) is 0 Å². The first-order chi connectivity index (χ1) is 10.2. The fourth-order valence-electron chi connectivity index (χ4n) is 7.13. The second-order valence-corrected chi connectivity index (χ2v) is 10.2. The van der Waals surface area contributed by atoms with Crippen molar-refractivity contribution in [2.75, 3.05) is 0 Å². The first-order valence-electron chi connectivity index (χ1n) is 9.99. The van der Waals surface area contributed by atoms with Crippen LogP contribution in [-0.4, -0.2) is 5.16 Å². The number of hydrogen-bond acceptors (Lipinski definition) is 0. The predicted molar refractivity (Wildman–Crippen MR) is 94.5 cm³/mol. The largest absolute Gasteiger partial charge is 0.131 e. The van der Waals surface area contributed by atoms with E-state index in [-0.39, 0.29) is 0 Å². The van der Waals surface area contributed by atoms with Gasteiger partial charge in [0, 0.05) is 0 Å². The van der Waals surface area contributed by atoms with Crippen LogP contribution < -0.4 is 0 Å². The molecule has 4 aliphatic rings. The maximum atomic E-state index is 3.52. The van der Waals surface area contributed by atoms with Crippen LogP contribution in [0.25, 0.3) is 0 Å². The van der Waals surface area contributed by atoms with Crippen molar-refractivity contribution >= 4 is 9.24 Å². The van der Waals surface area contributed by atoms with Gasteiger partial charge in [0.2, 0.25) is 0 Å². The molecule has 21 heavy (non-hydrogen) atoms. The van der Waals surface area contributed by atoms with Gasteiger partial charge in [-0.2, -0.15) is 0 Å². The van der Waals surface area contributed by atoms with Gasteiger partial charge in [-0.3, -0.25) is 0 Å². The summed E-state index contributed by atoms with van der Waals surface area (Å²) >= 11 is 0. The Morgan fingerprint density at radius 2 is 1.38 bits per heavy atom. The first kappa shape index (κ1) is 15.0. The first-order valence-corrected chi connectivity index (χ1v) is 10.6. The van der Waals surface area contributed by atoms with E-state index in [1.165, 1.54) is 25.7 Å². The zero-order valence-corrected chi connectivity index (χ0v) is 15.2. The minimum Gasteiger partial charge on any atom is -0.131 e. The Morgan fingerprint density at radius 1 is 0.810 bits per heavy atom. The Hall–Kier alpha value is 0.430. The summed E-state index contributed by atoms with van der Waals surface area (Å²) in [7, 11) is 3.52. The van der Waals surface area contributed by atoms with E-state index in [4.69, 9.17) is 0 Å². The molecule has 120 valence electrons. The molecule has 7 atom stereocenters. The average molecular weight is 306 g/mol. The summed E-state index contributed by atoms with van der Waals surface area (Å²) in [4.78, 5) is 0. The third-order valence-electron chi connectivity index (χ3n) is 8.07. The van der Waals surface area contributed by atoms with E-state index < -0.39 is 0 Å². The maximum Gasteiger partial charge on any atom is -0.00884 e. The highest BCUT2D eigenvalue weighted by molar-refractivity contribution is 7.19. The molecular formula is C20H35P. The van der Waals surface area contributed by atoms with E-state index in [2.05, 4.69) is 16.2 Å². The summed E-state index contributed by atoms with van der Waals surface area (Å²) in [6.45, 7) is 2.36. The fourth-order valence-corrected chi connectivity index (χ4v) is 8.15. The van der Waals surface area contributed by atoms with Crippen molar-refractivity contribution in [1.82, 2.24) is 0 Å². The summed E-state index contributed by atoms with van der Waals surface area (Å²) in [6, 6.07) is 0. The predicted octanol–water partition coefficient (Wildman–Crippen LogP) is 6.05. The van der Waals surface area contributed by atoms with Crippen molar-refractivity contribution in [3.05, 3.63) is 0 Å². The lowest BCUT2D eigenvalue weighted by molar-refractivity contribution is 0.139. The molecule has 0 aliphatic heterocycles. The number of fused-ring (bicyclic) bond motifs is 4. The molecule has 0 saturated heterocycles. The Balaban J connectivity index is 1.53. The van der Waals surface area contributed by atoms with E-state index >= 15 is 0 Å². The Bertz CT molecular complexity index is 348. The molecule has 0 amide bonds. The van der Waals surface area contributed by atoms with Crippen LogP contribution in [0.1, 0.15) is 84.0 Å². The van der Waals surface area contributed by atoms with E-state index in [1.807, 2.05) is 0 Å². The van der Waals surface area contributed by atoms with Gasteiger partial charge in [-0.25, -0.2) is 0 Å². The normalized spacial score (nSPS) is 47.1. The molecular weight excluding hydrogens is 271 g/mol. The van der Waals surface area contributed by atoms with Crippen LogP contribution in [0, 0.1) is 35.5 Å². The molecule has 4 saturated carbocycles. The average Bonchev–Trinajstić information content (AvgIpc) is 3.26. The lowest BCUT2D eigenvalue weighted by atomic mass is 9.66. The van der Waals surface area contributed by atoms with Crippen LogP contribution in [-0.2, 0) is 0 Å². The highest BCUT2D eigenvalue weighted by atomic mass is 31.0. The van der Waals surface area contributed by atoms with Gasteiger partial charge in [-0.05, 0) is 85.6 Å². The van der Waals surface area contributed by atoms with Gasteiger partial charge in [0.25, 0.3) is 0 Å². The zero-order chi connectivity index (χ0) is 14.4. The highest BCUT2D eigenvalue weighted by Gasteiger charge is 2.55. The Morgan fingerprint density at radius 3 is 1.76 bits per heavy atom. The topological polar surface area (TPSA) is 0 Å². The molecule has 0 nitrogen and oxygen atoms in total. The fraction of sp³-hybridized carbons (Fsp3) is 1.00. The number of hydrogen-bond donors (Lipinski definition) is 0. The van der Waals surface area contributed by atoms with Crippen molar-refractivity contribution in [3.63, 3.8) is 0 Å². The molecule has 4 fully saturated rings. The smallest absolute Gasteiger partial charge is 0.00884 e. The lowest BCUT2D eigenvalue weighted by Crippen LogP contribution is -2.44. The molecule has 0 aromatic heterocycles. The van der Waals surface area contributed by atoms with Crippen LogP contribution in [0.4, 0.5) is 0 Å². The van der Waals surface area contributed by atoms with Gasteiger partial charge < -0.3 is 0 Å². The molecule has 0 aromatic carbocycles. The molecule has 0 heterocycles. The van der Waals surface area contributed by atoms with Crippen molar-refractivity contribution < 1.29 is 0 Å². The van der Waals surface area contributed by atoms with Crippen LogP contribution in [0.15, 0.2) is 0 Å². The van der Waals surface area contributed by atoms with Crippen molar-refractivity contribution in [3.8, 4) is 0 Å². The van der Waals surface area contributed by atoms with Crippen LogP contribution >= 0.6 is 9.24 Å². The SMILES string of the molecule is CCCCCC(P)(C1CC2CCC1C2)C1CC2CCC1C2. The third-order valence-corrected chi connectivity index (χ3v) is 9.22. The second kappa shape index (κ2) is 5.81. The number of rotatable bonds is 6. The molecule has 1 heteroatoms.